The first-order valence-corrected chi connectivity index (χ1v) is 10.9. The van der Waals surface area contributed by atoms with Gasteiger partial charge < -0.3 is 0 Å². The standard InChI is InChI=1S/C14H20F6O5S2/c1-10(2)4-8-5-11(3,7-10)6-9(8)26(21,22)13(17,18)12(15,16)14(19,20)27(23,24)25/h8-9H,4-7H2,1-3H3,(H,23,24,25). The summed E-state index contributed by atoms with van der Waals surface area (Å²) < 4.78 is 137. The van der Waals surface area contributed by atoms with Crippen LogP contribution in [0, 0.1) is 16.7 Å². The van der Waals surface area contributed by atoms with E-state index in [2.05, 4.69) is 0 Å². The second-order valence-electron chi connectivity index (χ2n) is 8.69. The lowest BCUT2D eigenvalue weighted by molar-refractivity contribution is -0.245. The van der Waals surface area contributed by atoms with E-state index in [1.54, 1.807) is 20.8 Å². The Kier molecular flexibility index (Phi) is 4.83. The van der Waals surface area contributed by atoms with Gasteiger partial charge in [-0.1, -0.05) is 20.8 Å². The SMILES string of the molecule is CC1(C)CC2CC(C)(CC2S(=O)(=O)C(F)(F)C(F)(F)C(F)(F)S(=O)(=O)O)C1. The Bertz CT molecular complexity index is 836. The zero-order valence-electron chi connectivity index (χ0n) is 14.6. The van der Waals surface area contributed by atoms with Gasteiger partial charge in [-0.15, -0.1) is 0 Å². The molecule has 2 aliphatic carbocycles. The van der Waals surface area contributed by atoms with Crippen LogP contribution in [0.3, 0.4) is 0 Å². The Morgan fingerprint density at radius 2 is 1.33 bits per heavy atom. The summed E-state index contributed by atoms with van der Waals surface area (Å²) in [5.41, 5.74) is -1.21. The molecule has 2 aliphatic rings. The Balaban J connectivity index is 2.53. The zero-order valence-corrected chi connectivity index (χ0v) is 16.3. The normalized spacial score (nSPS) is 32.5. The van der Waals surface area contributed by atoms with Gasteiger partial charge in [0.2, 0.25) is 9.84 Å². The number of hydrogen-bond donors (Lipinski definition) is 1. The second kappa shape index (κ2) is 5.74. The van der Waals surface area contributed by atoms with Crippen molar-refractivity contribution in [2.75, 3.05) is 0 Å². The molecule has 2 bridgehead atoms. The van der Waals surface area contributed by atoms with Gasteiger partial charge in [-0.2, -0.15) is 34.8 Å². The summed E-state index contributed by atoms with van der Waals surface area (Å²) in [7, 11) is -13.2. The van der Waals surface area contributed by atoms with E-state index in [1.807, 2.05) is 0 Å². The minimum absolute atomic E-state index is 0.114. The number of sulfone groups is 1. The van der Waals surface area contributed by atoms with Gasteiger partial charge in [-0.05, 0) is 42.4 Å². The summed E-state index contributed by atoms with van der Waals surface area (Å²) in [5, 5.41) is -15.1. The molecule has 2 fully saturated rings. The lowest BCUT2D eigenvalue weighted by Crippen LogP contribution is -2.62. The smallest absolute Gasteiger partial charge is 0.281 e. The van der Waals surface area contributed by atoms with Crippen LogP contribution in [0.15, 0.2) is 0 Å². The van der Waals surface area contributed by atoms with E-state index >= 15 is 0 Å². The van der Waals surface area contributed by atoms with Crippen LogP contribution in [0.1, 0.15) is 46.5 Å². The first-order valence-electron chi connectivity index (χ1n) is 7.95. The Labute approximate surface area is 153 Å². The average Bonchev–Trinajstić information content (AvgIpc) is 2.66. The largest absolute Gasteiger partial charge is 0.439 e. The summed E-state index contributed by atoms with van der Waals surface area (Å²) in [6, 6.07) is 0. The van der Waals surface area contributed by atoms with Gasteiger partial charge in [0, 0.05) is 0 Å². The van der Waals surface area contributed by atoms with Crippen LogP contribution in [0.4, 0.5) is 26.3 Å². The van der Waals surface area contributed by atoms with E-state index in [0.29, 0.717) is 6.42 Å². The van der Waals surface area contributed by atoms with E-state index in [1.165, 1.54) is 0 Å². The third-order valence-corrected chi connectivity index (χ3v) is 8.73. The van der Waals surface area contributed by atoms with Crippen LogP contribution >= 0.6 is 0 Å². The Hall–Kier alpha value is -0.560. The maximum absolute atomic E-state index is 14.2. The molecule has 160 valence electrons. The van der Waals surface area contributed by atoms with E-state index in [0.717, 1.165) is 0 Å². The summed E-state index contributed by atoms with van der Waals surface area (Å²) in [6.07, 6.45) is 0.276. The molecule has 0 aromatic carbocycles. The molecule has 0 radical (unpaired) electrons. The van der Waals surface area contributed by atoms with Crippen molar-refractivity contribution in [3.8, 4) is 0 Å². The van der Waals surface area contributed by atoms with Crippen molar-refractivity contribution >= 4 is 20.0 Å². The fraction of sp³-hybridized carbons (Fsp3) is 1.00. The number of hydrogen-bond acceptors (Lipinski definition) is 4. The molecule has 13 heteroatoms. The molecule has 0 saturated heterocycles. The average molecular weight is 446 g/mol. The maximum Gasteiger partial charge on any atom is 0.439 e. The molecule has 27 heavy (non-hydrogen) atoms. The van der Waals surface area contributed by atoms with Crippen molar-refractivity contribution in [3.05, 3.63) is 0 Å². The summed E-state index contributed by atoms with van der Waals surface area (Å²) in [5.74, 6) is -7.82. The van der Waals surface area contributed by atoms with E-state index in [-0.39, 0.29) is 12.8 Å². The number of halogens is 6. The van der Waals surface area contributed by atoms with Crippen LogP contribution in [-0.2, 0) is 20.0 Å². The maximum atomic E-state index is 14.2. The van der Waals surface area contributed by atoms with Gasteiger partial charge in [0.25, 0.3) is 0 Å². The first kappa shape index (κ1) is 22.7. The number of rotatable bonds is 5. The van der Waals surface area contributed by atoms with Crippen molar-refractivity contribution in [2.24, 2.45) is 16.7 Å². The van der Waals surface area contributed by atoms with Crippen LogP contribution in [0.2, 0.25) is 0 Å². The minimum atomic E-state index is -7.00. The van der Waals surface area contributed by atoms with Crippen molar-refractivity contribution in [3.63, 3.8) is 0 Å². The molecule has 0 spiro atoms. The van der Waals surface area contributed by atoms with Crippen molar-refractivity contribution in [1.29, 1.82) is 0 Å². The van der Waals surface area contributed by atoms with Gasteiger partial charge in [0.15, 0.2) is 0 Å². The van der Waals surface area contributed by atoms with Crippen LogP contribution in [0.5, 0.6) is 0 Å². The van der Waals surface area contributed by atoms with Gasteiger partial charge in [-0.3, -0.25) is 4.55 Å². The highest BCUT2D eigenvalue weighted by atomic mass is 32.2. The van der Waals surface area contributed by atoms with Crippen molar-refractivity contribution < 1.29 is 47.7 Å². The Morgan fingerprint density at radius 1 is 0.852 bits per heavy atom. The molecule has 1 N–H and O–H groups in total. The van der Waals surface area contributed by atoms with Crippen LogP contribution in [-0.4, -0.2) is 43.1 Å². The molecule has 5 nitrogen and oxygen atoms in total. The Morgan fingerprint density at radius 3 is 1.78 bits per heavy atom. The molecule has 3 atom stereocenters. The van der Waals surface area contributed by atoms with E-state index < -0.39 is 64.8 Å². The van der Waals surface area contributed by atoms with Crippen LogP contribution < -0.4 is 0 Å². The lowest BCUT2D eigenvalue weighted by Gasteiger charge is -2.40. The third kappa shape index (κ3) is 3.17. The topological polar surface area (TPSA) is 88.5 Å². The molecule has 2 rings (SSSR count). The van der Waals surface area contributed by atoms with Gasteiger partial charge in [0.1, 0.15) is 0 Å². The summed E-state index contributed by atoms with van der Waals surface area (Å²) in [6.45, 7) is 5.12. The fourth-order valence-corrected chi connectivity index (χ4v) is 7.55. The molecular weight excluding hydrogens is 426 g/mol. The zero-order chi connectivity index (χ0) is 21.5. The monoisotopic (exact) mass is 446 g/mol. The van der Waals surface area contributed by atoms with Gasteiger partial charge >= 0.3 is 26.5 Å². The quantitative estimate of drug-likeness (QED) is 0.514. The van der Waals surface area contributed by atoms with Gasteiger partial charge in [0.05, 0.1) is 5.25 Å². The van der Waals surface area contributed by atoms with Gasteiger partial charge in [-0.25, -0.2) is 8.42 Å². The molecule has 3 unspecified atom stereocenters. The highest BCUT2D eigenvalue weighted by Crippen LogP contribution is 2.61. The lowest BCUT2D eigenvalue weighted by atomic mass is 9.65. The van der Waals surface area contributed by atoms with Crippen molar-refractivity contribution in [2.45, 2.75) is 68.1 Å². The molecule has 0 aromatic heterocycles. The highest BCUT2D eigenvalue weighted by Gasteiger charge is 2.83. The molecule has 2 saturated carbocycles. The number of fused-ring (bicyclic) bond motifs is 2. The predicted molar refractivity (Wildman–Crippen MR) is 82.9 cm³/mol. The highest BCUT2D eigenvalue weighted by molar-refractivity contribution is 7.93. The molecule has 0 heterocycles. The molecular formula is C14H20F6O5S2. The van der Waals surface area contributed by atoms with E-state index in [4.69, 9.17) is 4.55 Å². The van der Waals surface area contributed by atoms with E-state index in [9.17, 15) is 43.2 Å². The molecule has 0 aromatic rings. The van der Waals surface area contributed by atoms with Crippen LogP contribution in [0.25, 0.3) is 0 Å². The first-order chi connectivity index (χ1) is 11.6. The third-order valence-electron chi connectivity index (χ3n) is 5.51. The summed E-state index contributed by atoms with van der Waals surface area (Å²) in [4.78, 5) is 0. The number of alkyl halides is 6. The summed E-state index contributed by atoms with van der Waals surface area (Å²) >= 11 is 0. The molecule has 0 aliphatic heterocycles. The second-order valence-corrected chi connectivity index (χ2v) is 12.4. The predicted octanol–water partition coefficient (Wildman–Crippen LogP) is 3.71. The molecule has 0 amide bonds. The fourth-order valence-electron chi connectivity index (χ4n) is 4.85. The van der Waals surface area contributed by atoms with Crippen molar-refractivity contribution in [1.82, 2.24) is 0 Å². The minimum Gasteiger partial charge on any atom is -0.281 e.